The normalized spacial score (nSPS) is 16.2. The van der Waals surface area contributed by atoms with Crippen LogP contribution >= 0.6 is 11.3 Å². The number of nitrogens with zero attached hydrogens (tertiary/aromatic N) is 1. The van der Waals surface area contributed by atoms with Gasteiger partial charge in [-0.05, 0) is 79.4 Å². The van der Waals surface area contributed by atoms with Crippen LogP contribution in [-0.4, -0.2) is 25.8 Å². The molecule has 174 valence electrons. The summed E-state index contributed by atoms with van der Waals surface area (Å²) in [5, 5.41) is 2.02. The minimum Gasteiger partial charge on any atom is -0.331 e. The lowest BCUT2D eigenvalue weighted by atomic mass is 10.1. The van der Waals surface area contributed by atoms with E-state index in [2.05, 4.69) is 17.7 Å². The Labute approximate surface area is 200 Å². The first-order valence-electron chi connectivity index (χ1n) is 11.5. The summed E-state index contributed by atoms with van der Waals surface area (Å²) >= 11 is 1.65. The highest BCUT2D eigenvalue weighted by Crippen LogP contribution is 2.36. The van der Waals surface area contributed by atoms with Crippen LogP contribution in [0.4, 0.5) is 5.69 Å². The van der Waals surface area contributed by atoms with Crippen molar-refractivity contribution < 1.29 is 13.2 Å². The fourth-order valence-corrected chi connectivity index (χ4v) is 6.23. The number of anilines is 1. The van der Waals surface area contributed by atoms with E-state index in [0.29, 0.717) is 17.8 Å². The topological polar surface area (TPSA) is 66.5 Å². The number of carbonyl (C=O) groups excluding carboxylic acids is 1. The molecule has 2 aromatic carbocycles. The Morgan fingerprint density at radius 3 is 2.64 bits per heavy atom. The van der Waals surface area contributed by atoms with Gasteiger partial charge >= 0.3 is 0 Å². The number of carbonyl (C=O) groups is 1. The molecule has 5 nitrogen and oxygen atoms in total. The fourth-order valence-electron chi connectivity index (χ4n) is 4.27. The van der Waals surface area contributed by atoms with Gasteiger partial charge in [0.15, 0.2) is 0 Å². The van der Waals surface area contributed by atoms with Crippen LogP contribution in [0.2, 0.25) is 0 Å². The molecule has 0 spiro atoms. The Kier molecular flexibility index (Phi) is 7.20. The van der Waals surface area contributed by atoms with E-state index in [4.69, 9.17) is 0 Å². The minimum absolute atomic E-state index is 0.0570. The first-order chi connectivity index (χ1) is 15.9. The van der Waals surface area contributed by atoms with Crippen molar-refractivity contribution in [1.29, 1.82) is 0 Å². The monoisotopic (exact) mass is 482 g/mol. The highest BCUT2D eigenvalue weighted by molar-refractivity contribution is 7.92. The first-order valence-corrected chi connectivity index (χ1v) is 13.8. The summed E-state index contributed by atoms with van der Waals surface area (Å²) in [6.45, 7) is 4.68. The summed E-state index contributed by atoms with van der Waals surface area (Å²) in [6.07, 6.45) is 5.08. The molecule has 33 heavy (non-hydrogen) atoms. The molecule has 1 aromatic heterocycles. The van der Waals surface area contributed by atoms with Gasteiger partial charge in [-0.1, -0.05) is 37.6 Å². The minimum atomic E-state index is -3.81. The van der Waals surface area contributed by atoms with E-state index in [1.54, 1.807) is 35.6 Å². The molecule has 4 rings (SSSR count). The number of amides is 1. The van der Waals surface area contributed by atoms with Crippen LogP contribution in [0.5, 0.6) is 0 Å². The second-order valence-electron chi connectivity index (χ2n) is 8.55. The van der Waals surface area contributed by atoms with Crippen LogP contribution in [0.1, 0.15) is 65.0 Å². The Hall–Kier alpha value is -2.64. The molecule has 2 heterocycles. The summed E-state index contributed by atoms with van der Waals surface area (Å²) < 4.78 is 28.8. The van der Waals surface area contributed by atoms with Crippen molar-refractivity contribution in [1.82, 2.24) is 4.90 Å². The van der Waals surface area contributed by atoms with E-state index in [9.17, 15) is 13.2 Å². The smallest absolute Gasteiger partial charge is 0.261 e. The highest BCUT2D eigenvalue weighted by atomic mass is 32.2. The number of hydrogen-bond acceptors (Lipinski definition) is 4. The van der Waals surface area contributed by atoms with E-state index in [1.807, 2.05) is 35.4 Å². The summed E-state index contributed by atoms with van der Waals surface area (Å²) in [5.41, 5.74) is 2.92. The maximum absolute atomic E-state index is 13.4. The molecule has 3 aromatic rings. The van der Waals surface area contributed by atoms with Gasteiger partial charge in [0.05, 0.1) is 10.9 Å². The number of benzene rings is 2. The SMILES string of the molecule is CCCCc1ccc(NS(=O)(=O)c2ccc(C)c(C(=O)N3CCCC3c3cccs3)c2)cc1. The molecule has 1 amide bonds. The molecule has 0 saturated carbocycles. The number of rotatable bonds is 8. The zero-order valence-electron chi connectivity index (χ0n) is 19.1. The molecule has 1 atom stereocenters. The predicted octanol–water partition coefficient (Wildman–Crippen LogP) is 6.18. The summed E-state index contributed by atoms with van der Waals surface area (Å²) in [4.78, 5) is 16.6. The van der Waals surface area contributed by atoms with Crippen LogP contribution in [-0.2, 0) is 16.4 Å². The van der Waals surface area contributed by atoms with Crippen molar-refractivity contribution in [2.75, 3.05) is 11.3 Å². The molecule has 1 fully saturated rings. The number of hydrogen-bond donors (Lipinski definition) is 1. The van der Waals surface area contributed by atoms with Crippen LogP contribution in [0.25, 0.3) is 0 Å². The molecule has 1 saturated heterocycles. The lowest BCUT2D eigenvalue weighted by Crippen LogP contribution is -2.31. The van der Waals surface area contributed by atoms with Crippen molar-refractivity contribution in [3.8, 4) is 0 Å². The van der Waals surface area contributed by atoms with Gasteiger partial charge in [0.2, 0.25) is 0 Å². The molecule has 1 N–H and O–H groups in total. The van der Waals surface area contributed by atoms with E-state index in [1.165, 1.54) is 16.5 Å². The predicted molar refractivity (Wildman–Crippen MR) is 134 cm³/mol. The Morgan fingerprint density at radius 2 is 1.94 bits per heavy atom. The van der Waals surface area contributed by atoms with Gasteiger partial charge in [0, 0.05) is 22.7 Å². The molecule has 7 heteroatoms. The zero-order chi connectivity index (χ0) is 23.4. The van der Waals surface area contributed by atoms with Crippen molar-refractivity contribution in [3.63, 3.8) is 0 Å². The third-order valence-corrected chi connectivity index (χ3v) is 8.51. The van der Waals surface area contributed by atoms with E-state index >= 15 is 0 Å². The number of nitrogens with one attached hydrogen (secondary N) is 1. The third kappa shape index (κ3) is 5.31. The maximum Gasteiger partial charge on any atom is 0.261 e. The Bertz CT molecular complexity index is 1200. The van der Waals surface area contributed by atoms with Gasteiger partial charge in [0.1, 0.15) is 0 Å². The molecular weight excluding hydrogens is 452 g/mol. The molecule has 0 bridgehead atoms. The lowest BCUT2D eigenvalue weighted by Gasteiger charge is -2.25. The summed E-state index contributed by atoms with van der Waals surface area (Å²) in [5.74, 6) is -0.110. The first kappa shape index (κ1) is 23.5. The molecule has 1 unspecified atom stereocenters. The Morgan fingerprint density at radius 1 is 1.15 bits per heavy atom. The van der Waals surface area contributed by atoms with Gasteiger partial charge < -0.3 is 4.90 Å². The molecular formula is C26H30N2O3S2. The highest BCUT2D eigenvalue weighted by Gasteiger charge is 2.32. The third-order valence-electron chi connectivity index (χ3n) is 6.16. The van der Waals surface area contributed by atoms with Crippen molar-refractivity contribution in [2.45, 2.75) is 56.9 Å². The van der Waals surface area contributed by atoms with Crippen molar-refractivity contribution in [2.24, 2.45) is 0 Å². The van der Waals surface area contributed by atoms with Gasteiger partial charge in [-0.15, -0.1) is 11.3 Å². The van der Waals surface area contributed by atoms with Gasteiger partial charge in [0.25, 0.3) is 15.9 Å². The van der Waals surface area contributed by atoms with E-state index < -0.39 is 10.0 Å². The Balaban J connectivity index is 1.55. The largest absolute Gasteiger partial charge is 0.331 e. The molecule has 1 aliphatic rings. The standard InChI is InChI=1S/C26H30N2O3S2/c1-3-4-7-20-11-13-21(14-12-20)27-33(30,31)22-15-10-19(2)23(18-22)26(29)28-16-5-8-24(28)25-9-6-17-32-25/h6,9-15,17-18,24,27H,3-5,7-8,16H2,1-2H3. The molecule has 0 aliphatic carbocycles. The summed E-state index contributed by atoms with van der Waals surface area (Å²) in [7, 11) is -3.81. The van der Waals surface area contributed by atoms with Crippen LogP contribution in [0.15, 0.2) is 64.9 Å². The second kappa shape index (κ2) is 10.1. The quantitative estimate of drug-likeness (QED) is 0.417. The van der Waals surface area contributed by atoms with Gasteiger partial charge in [-0.2, -0.15) is 0 Å². The van der Waals surface area contributed by atoms with Gasteiger partial charge in [-0.25, -0.2) is 8.42 Å². The van der Waals surface area contributed by atoms with Crippen LogP contribution in [0, 0.1) is 6.92 Å². The number of thiophene rings is 1. The molecule has 1 aliphatic heterocycles. The van der Waals surface area contributed by atoms with Crippen LogP contribution in [0.3, 0.4) is 0 Å². The number of sulfonamides is 1. The second-order valence-corrected chi connectivity index (χ2v) is 11.2. The fraction of sp³-hybridized carbons (Fsp3) is 0.346. The summed E-state index contributed by atoms with van der Waals surface area (Å²) in [6, 6.07) is 16.4. The lowest BCUT2D eigenvalue weighted by molar-refractivity contribution is 0.0737. The van der Waals surface area contributed by atoms with E-state index in [0.717, 1.165) is 37.7 Å². The number of likely N-dealkylation sites (tertiary alicyclic amines) is 1. The maximum atomic E-state index is 13.4. The number of unbranched alkanes of at least 4 members (excludes halogenated alkanes) is 1. The van der Waals surface area contributed by atoms with Gasteiger partial charge in [-0.3, -0.25) is 9.52 Å². The van der Waals surface area contributed by atoms with Crippen LogP contribution < -0.4 is 4.72 Å². The van der Waals surface area contributed by atoms with E-state index in [-0.39, 0.29) is 16.8 Å². The zero-order valence-corrected chi connectivity index (χ0v) is 20.7. The van der Waals surface area contributed by atoms with Crippen molar-refractivity contribution >= 4 is 33.0 Å². The molecule has 0 radical (unpaired) electrons. The average Bonchev–Trinajstić information content (AvgIpc) is 3.50. The average molecular weight is 483 g/mol. The van der Waals surface area contributed by atoms with Crippen molar-refractivity contribution in [3.05, 3.63) is 81.5 Å². The number of aryl methyl sites for hydroxylation is 2.